The van der Waals surface area contributed by atoms with Crippen LogP contribution in [0.1, 0.15) is 51.4 Å². The highest BCUT2D eigenvalue weighted by atomic mass is 16.5. The number of carbonyl (C=O) groups is 2. The van der Waals surface area contributed by atoms with Gasteiger partial charge in [0.25, 0.3) is 0 Å². The van der Waals surface area contributed by atoms with E-state index in [0.29, 0.717) is 12.5 Å². The second-order valence-corrected chi connectivity index (χ2v) is 7.16. The van der Waals surface area contributed by atoms with Crippen LogP contribution in [0.25, 0.3) is 0 Å². The average molecular weight is 320 g/mol. The Morgan fingerprint density at radius 3 is 2.43 bits per heavy atom. The molecule has 2 aliphatic heterocycles. The van der Waals surface area contributed by atoms with Gasteiger partial charge in [0.05, 0.1) is 12.0 Å². The van der Waals surface area contributed by atoms with Crippen LogP contribution < -0.4 is 5.73 Å². The SMILES string of the molecule is NC(=O)[C@H]1CCO[C@@H]1C1CCN(C(=O)C=C2CCCCC2)CC1. The number of hydrogen-bond donors (Lipinski definition) is 1. The van der Waals surface area contributed by atoms with Crippen molar-refractivity contribution < 1.29 is 14.3 Å². The number of primary amides is 1. The topological polar surface area (TPSA) is 72.6 Å². The maximum absolute atomic E-state index is 12.4. The molecular formula is C18H28N2O3. The molecule has 0 bridgehead atoms. The number of ether oxygens (including phenoxy) is 1. The Morgan fingerprint density at radius 1 is 1.09 bits per heavy atom. The fourth-order valence-electron chi connectivity index (χ4n) is 4.24. The second kappa shape index (κ2) is 7.47. The summed E-state index contributed by atoms with van der Waals surface area (Å²) >= 11 is 0. The van der Waals surface area contributed by atoms with Gasteiger partial charge in [-0.05, 0) is 50.9 Å². The van der Waals surface area contributed by atoms with Crippen molar-refractivity contribution in [3.63, 3.8) is 0 Å². The van der Waals surface area contributed by atoms with Crippen molar-refractivity contribution >= 4 is 11.8 Å². The zero-order valence-corrected chi connectivity index (χ0v) is 13.8. The van der Waals surface area contributed by atoms with Crippen molar-refractivity contribution in [1.29, 1.82) is 0 Å². The first kappa shape index (κ1) is 16.5. The summed E-state index contributed by atoms with van der Waals surface area (Å²) in [4.78, 5) is 25.9. The molecule has 1 saturated carbocycles. The second-order valence-electron chi connectivity index (χ2n) is 7.16. The molecule has 23 heavy (non-hydrogen) atoms. The van der Waals surface area contributed by atoms with Gasteiger partial charge in [-0.2, -0.15) is 0 Å². The van der Waals surface area contributed by atoms with Gasteiger partial charge in [-0.3, -0.25) is 9.59 Å². The fraction of sp³-hybridized carbons (Fsp3) is 0.778. The van der Waals surface area contributed by atoms with E-state index < -0.39 is 0 Å². The molecule has 0 unspecified atom stereocenters. The lowest BCUT2D eigenvalue weighted by Crippen LogP contribution is -2.43. The van der Waals surface area contributed by atoms with E-state index in [9.17, 15) is 9.59 Å². The molecule has 3 fully saturated rings. The third kappa shape index (κ3) is 3.94. The first-order chi connectivity index (χ1) is 11.1. The lowest BCUT2D eigenvalue weighted by molar-refractivity contribution is -0.130. The first-order valence-corrected chi connectivity index (χ1v) is 9.04. The van der Waals surface area contributed by atoms with Gasteiger partial charge in [0, 0.05) is 25.8 Å². The Hall–Kier alpha value is -1.36. The minimum Gasteiger partial charge on any atom is -0.377 e. The molecule has 2 N–H and O–H groups in total. The highest BCUT2D eigenvalue weighted by Crippen LogP contribution is 2.33. The lowest BCUT2D eigenvalue weighted by Gasteiger charge is -2.35. The van der Waals surface area contributed by atoms with Crippen LogP contribution in [-0.4, -0.2) is 42.5 Å². The van der Waals surface area contributed by atoms with E-state index in [4.69, 9.17) is 10.5 Å². The summed E-state index contributed by atoms with van der Waals surface area (Å²) in [6.07, 6.45) is 10.3. The van der Waals surface area contributed by atoms with Crippen molar-refractivity contribution in [2.75, 3.05) is 19.7 Å². The predicted molar refractivity (Wildman–Crippen MR) is 87.5 cm³/mol. The van der Waals surface area contributed by atoms with E-state index in [1.54, 1.807) is 0 Å². The third-order valence-electron chi connectivity index (χ3n) is 5.64. The normalized spacial score (nSPS) is 29.6. The third-order valence-corrected chi connectivity index (χ3v) is 5.64. The van der Waals surface area contributed by atoms with Crippen molar-refractivity contribution in [1.82, 2.24) is 4.90 Å². The molecule has 2 saturated heterocycles. The van der Waals surface area contributed by atoms with Crippen LogP contribution in [-0.2, 0) is 14.3 Å². The summed E-state index contributed by atoms with van der Waals surface area (Å²) in [5.74, 6) is 0.125. The number of hydrogen-bond acceptors (Lipinski definition) is 3. The summed E-state index contributed by atoms with van der Waals surface area (Å²) in [5.41, 5.74) is 6.80. The van der Waals surface area contributed by atoms with Crippen LogP contribution in [0.4, 0.5) is 0 Å². The zero-order valence-electron chi connectivity index (χ0n) is 13.8. The van der Waals surface area contributed by atoms with Gasteiger partial charge in [-0.15, -0.1) is 0 Å². The van der Waals surface area contributed by atoms with Crippen LogP contribution in [0.5, 0.6) is 0 Å². The number of nitrogens with zero attached hydrogens (tertiary/aromatic N) is 1. The lowest BCUT2D eigenvalue weighted by atomic mass is 9.84. The Balaban J connectivity index is 1.52. The molecule has 0 spiro atoms. The fourth-order valence-corrected chi connectivity index (χ4v) is 4.24. The smallest absolute Gasteiger partial charge is 0.246 e. The van der Waals surface area contributed by atoms with Gasteiger partial charge >= 0.3 is 0 Å². The van der Waals surface area contributed by atoms with E-state index in [2.05, 4.69) is 0 Å². The van der Waals surface area contributed by atoms with Crippen LogP contribution in [0.15, 0.2) is 11.6 Å². The number of nitrogens with two attached hydrogens (primary N) is 1. The quantitative estimate of drug-likeness (QED) is 0.808. The number of allylic oxidation sites excluding steroid dienone is 1. The van der Waals surface area contributed by atoms with Crippen molar-refractivity contribution in [3.05, 3.63) is 11.6 Å². The molecule has 128 valence electrons. The minimum absolute atomic E-state index is 0.0403. The Bertz CT molecular complexity index is 473. The van der Waals surface area contributed by atoms with Crippen molar-refractivity contribution in [2.45, 2.75) is 57.5 Å². The van der Waals surface area contributed by atoms with Crippen LogP contribution >= 0.6 is 0 Å². The summed E-state index contributed by atoms with van der Waals surface area (Å²) in [6, 6.07) is 0. The molecule has 3 rings (SSSR count). The monoisotopic (exact) mass is 320 g/mol. The molecule has 0 aromatic carbocycles. The summed E-state index contributed by atoms with van der Waals surface area (Å²) in [7, 11) is 0. The van der Waals surface area contributed by atoms with Crippen molar-refractivity contribution in [2.24, 2.45) is 17.6 Å². The average Bonchev–Trinajstić information content (AvgIpc) is 3.06. The largest absolute Gasteiger partial charge is 0.377 e. The van der Waals surface area contributed by atoms with Gasteiger partial charge in [-0.25, -0.2) is 0 Å². The maximum Gasteiger partial charge on any atom is 0.246 e. The minimum atomic E-state index is -0.243. The standard InChI is InChI=1S/C18H28N2O3/c19-18(22)15-8-11-23-17(15)14-6-9-20(10-7-14)16(21)12-13-4-2-1-3-5-13/h12,14-15,17H,1-11H2,(H2,19,22)/t15-,17+/m0/s1. The summed E-state index contributed by atoms with van der Waals surface area (Å²) < 4.78 is 5.77. The highest BCUT2D eigenvalue weighted by Gasteiger charge is 2.39. The number of carbonyl (C=O) groups excluding carboxylic acids is 2. The predicted octanol–water partition coefficient (Wildman–Crippen LogP) is 2.01. The zero-order chi connectivity index (χ0) is 16.2. The molecule has 5 heteroatoms. The van der Waals surface area contributed by atoms with Crippen LogP contribution in [0.3, 0.4) is 0 Å². The summed E-state index contributed by atoms with van der Waals surface area (Å²) in [6.45, 7) is 2.15. The molecule has 0 radical (unpaired) electrons. The van der Waals surface area contributed by atoms with Crippen LogP contribution in [0.2, 0.25) is 0 Å². The van der Waals surface area contributed by atoms with E-state index >= 15 is 0 Å². The summed E-state index contributed by atoms with van der Waals surface area (Å²) in [5, 5.41) is 0. The number of piperidine rings is 1. The molecule has 0 aromatic heterocycles. The van der Waals surface area contributed by atoms with Gasteiger partial charge < -0.3 is 15.4 Å². The van der Waals surface area contributed by atoms with Gasteiger partial charge in [0.1, 0.15) is 0 Å². The first-order valence-electron chi connectivity index (χ1n) is 9.04. The number of likely N-dealkylation sites (tertiary alicyclic amines) is 1. The molecular weight excluding hydrogens is 292 g/mol. The van der Waals surface area contributed by atoms with Crippen molar-refractivity contribution in [3.8, 4) is 0 Å². The van der Waals surface area contributed by atoms with Gasteiger partial charge in [0.15, 0.2) is 0 Å². The van der Waals surface area contributed by atoms with E-state index in [1.807, 2.05) is 11.0 Å². The van der Waals surface area contributed by atoms with Crippen LogP contribution in [0, 0.1) is 11.8 Å². The molecule has 5 nitrogen and oxygen atoms in total. The van der Waals surface area contributed by atoms with Gasteiger partial charge in [-0.1, -0.05) is 12.0 Å². The van der Waals surface area contributed by atoms with E-state index in [0.717, 1.165) is 45.2 Å². The molecule has 2 amide bonds. The van der Waals surface area contributed by atoms with E-state index in [1.165, 1.54) is 24.8 Å². The number of rotatable bonds is 3. The Morgan fingerprint density at radius 2 is 1.78 bits per heavy atom. The van der Waals surface area contributed by atoms with Gasteiger partial charge in [0.2, 0.25) is 11.8 Å². The molecule has 2 heterocycles. The maximum atomic E-state index is 12.4. The van der Waals surface area contributed by atoms with E-state index in [-0.39, 0.29) is 23.8 Å². The number of amides is 2. The molecule has 3 aliphatic rings. The highest BCUT2D eigenvalue weighted by molar-refractivity contribution is 5.88. The molecule has 1 aliphatic carbocycles. The molecule has 2 atom stereocenters. The Kier molecular flexibility index (Phi) is 5.36. The Labute approximate surface area is 138 Å². The molecule has 0 aromatic rings.